The van der Waals surface area contributed by atoms with Gasteiger partial charge in [-0.1, -0.05) is 0 Å². The van der Waals surface area contributed by atoms with Gasteiger partial charge in [0, 0.05) is 14.2 Å². The summed E-state index contributed by atoms with van der Waals surface area (Å²) in [6.45, 7) is 0. The molecular formula is C4H6F4O2. The van der Waals surface area contributed by atoms with Crippen LogP contribution in [0.25, 0.3) is 0 Å². The van der Waals surface area contributed by atoms with E-state index in [4.69, 9.17) is 0 Å². The number of hydrogen-bond donors (Lipinski definition) is 0. The molecule has 0 aromatic heterocycles. The molecule has 0 fully saturated rings. The highest BCUT2D eigenvalue weighted by Gasteiger charge is 2.58. The molecule has 0 spiro atoms. The molecule has 0 heterocycles. The van der Waals surface area contributed by atoms with Crippen LogP contribution in [0.4, 0.5) is 17.6 Å². The largest absolute Gasteiger partial charge is 0.448 e. The third-order valence-corrected chi connectivity index (χ3v) is 0.852. The molecule has 2 nitrogen and oxygen atoms in total. The van der Waals surface area contributed by atoms with Gasteiger partial charge in [0.1, 0.15) is 0 Å². The zero-order valence-electron chi connectivity index (χ0n) is 5.33. The second-order valence-corrected chi connectivity index (χ2v) is 1.44. The number of rotatable bonds is 3. The fraction of sp³-hybridized carbons (Fsp3) is 1.00. The molecule has 0 aliphatic rings. The van der Waals surface area contributed by atoms with Gasteiger partial charge in [0.15, 0.2) is 0 Å². The summed E-state index contributed by atoms with van der Waals surface area (Å²) in [7, 11) is 0.930. The van der Waals surface area contributed by atoms with Gasteiger partial charge in [-0.05, 0) is 0 Å². The number of ether oxygens (including phenoxy) is 2. The Hall–Kier alpha value is -0.360. The summed E-state index contributed by atoms with van der Waals surface area (Å²) >= 11 is 0. The van der Waals surface area contributed by atoms with Gasteiger partial charge < -0.3 is 9.47 Å². The monoisotopic (exact) mass is 162 g/mol. The third kappa shape index (κ3) is 1.57. The summed E-state index contributed by atoms with van der Waals surface area (Å²) in [5, 5.41) is 0. The van der Waals surface area contributed by atoms with Gasteiger partial charge in [-0.2, -0.15) is 17.6 Å². The van der Waals surface area contributed by atoms with E-state index in [0.29, 0.717) is 14.2 Å². The molecule has 0 saturated carbocycles. The van der Waals surface area contributed by atoms with Gasteiger partial charge in [-0.25, -0.2) is 0 Å². The van der Waals surface area contributed by atoms with Gasteiger partial charge in [0.2, 0.25) is 0 Å². The van der Waals surface area contributed by atoms with Crippen LogP contribution in [0.2, 0.25) is 0 Å². The van der Waals surface area contributed by atoms with Crippen molar-refractivity contribution >= 4 is 0 Å². The van der Waals surface area contributed by atoms with E-state index in [1.807, 2.05) is 0 Å². The number of hydrogen-bond acceptors (Lipinski definition) is 2. The van der Waals surface area contributed by atoms with Crippen molar-refractivity contribution in [3.05, 3.63) is 0 Å². The zero-order chi connectivity index (χ0) is 8.41. The van der Waals surface area contributed by atoms with Crippen LogP contribution in [0.15, 0.2) is 0 Å². The second kappa shape index (κ2) is 2.71. The molecule has 0 bridgehead atoms. The average Bonchev–Trinajstić information content (AvgIpc) is 1.88. The van der Waals surface area contributed by atoms with Gasteiger partial charge in [-0.15, -0.1) is 0 Å². The topological polar surface area (TPSA) is 18.5 Å². The van der Waals surface area contributed by atoms with E-state index in [2.05, 4.69) is 9.47 Å². The molecule has 0 aromatic carbocycles. The number of methoxy groups -OCH3 is 2. The van der Waals surface area contributed by atoms with Gasteiger partial charge >= 0.3 is 12.2 Å². The molecule has 0 aliphatic heterocycles. The molecule has 0 aliphatic carbocycles. The fourth-order valence-electron chi connectivity index (χ4n) is 0.238. The minimum absolute atomic E-state index is 0.465. The van der Waals surface area contributed by atoms with Crippen LogP contribution in [0, 0.1) is 0 Å². The van der Waals surface area contributed by atoms with Crippen LogP contribution < -0.4 is 0 Å². The normalized spacial score (nSPS) is 13.8. The Morgan fingerprint density at radius 3 is 1.10 bits per heavy atom. The quantitative estimate of drug-likeness (QED) is 0.585. The van der Waals surface area contributed by atoms with Gasteiger partial charge in [-0.3, -0.25) is 0 Å². The predicted octanol–water partition coefficient (Wildman–Crippen LogP) is 1.46. The molecule has 6 heteroatoms. The van der Waals surface area contributed by atoms with E-state index < -0.39 is 12.2 Å². The number of halogens is 4. The van der Waals surface area contributed by atoms with E-state index in [9.17, 15) is 17.6 Å². The first-order valence-electron chi connectivity index (χ1n) is 2.23. The van der Waals surface area contributed by atoms with E-state index in [0.717, 1.165) is 0 Å². The molecule has 0 atom stereocenters. The van der Waals surface area contributed by atoms with E-state index >= 15 is 0 Å². The lowest BCUT2D eigenvalue weighted by molar-refractivity contribution is -0.418. The SMILES string of the molecule is COC(F)(F)C(F)(F)OC. The molecule has 0 unspecified atom stereocenters. The van der Waals surface area contributed by atoms with Crippen LogP contribution in [-0.4, -0.2) is 26.4 Å². The fourth-order valence-corrected chi connectivity index (χ4v) is 0.238. The third-order valence-electron chi connectivity index (χ3n) is 0.852. The molecule has 0 radical (unpaired) electrons. The van der Waals surface area contributed by atoms with Crippen molar-refractivity contribution in [2.45, 2.75) is 12.2 Å². The lowest BCUT2D eigenvalue weighted by Gasteiger charge is -2.21. The summed E-state index contributed by atoms with van der Waals surface area (Å²) in [6.07, 6.45) is -9.14. The van der Waals surface area contributed by atoms with Crippen molar-refractivity contribution in [1.29, 1.82) is 0 Å². The summed E-state index contributed by atoms with van der Waals surface area (Å²) < 4.78 is 53.7. The highest BCUT2D eigenvalue weighted by Crippen LogP contribution is 2.34. The first-order chi connectivity index (χ1) is 4.37. The maximum absolute atomic E-state index is 11.8. The lowest BCUT2D eigenvalue weighted by Crippen LogP contribution is -2.43. The van der Waals surface area contributed by atoms with Crippen molar-refractivity contribution < 1.29 is 27.0 Å². The Balaban J connectivity index is 4.28. The van der Waals surface area contributed by atoms with Crippen LogP contribution >= 0.6 is 0 Å². The van der Waals surface area contributed by atoms with Gasteiger partial charge in [0.05, 0.1) is 0 Å². The minimum Gasteiger partial charge on any atom is -0.317 e. The molecule has 0 aromatic rings. The van der Waals surface area contributed by atoms with Crippen LogP contribution in [-0.2, 0) is 9.47 Å². The predicted molar refractivity (Wildman–Crippen MR) is 23.9 cm³/mol. The summed E-state index contributed by atoms with van der Waals surface area (Å²) in [5.41, 5.74) is 0. The van der Waals surface area contributed by atoms with E-state index in [-0.39, 0.29) is 0 Å². The maximum Gasteiger partial charge on any atom is 0.448 e. The number of alkyl halides is 4. The van der Waals surface area contributed by atoms with Crippen molar-refractivity contribution in [2.24, 2.45) is 0 Å². The summed E-state index contributed by atoms with van der Waals surface area (Å²) in [5.74, 6) is 0. The first-order valence-corrected chi connectivity index (χ1v) is 2.23. The van der Waals surface area contributed by atoms with E-state index in [1.54, 1.807) is 0 Å². The maximum atomic E-state index is 11.8. The second-order valence-electron chi connectivity index (χ2n) is 1.44. The van der Waals surface area contributed by atoms with Crippen LogP contribution in [0.5, 0.6) is 0 Å². The van der Waals surface area contributed by atoms with Crippen molar-refractivity contribution in [3.8, 4) is 0 Å². The van der Waals surface area contributed by atoms with Crippen LogP contribution in [0.1, 0.15) is 0 Å². The summed E-state index contributed by atoms with van der Waals surface area (Å²) in [6, 6.07) is 0. The van der Waals surface area contributed by atoms with Crippen molar-refractivity contribution in [1.82, 2.24) is 0 Å². The summed E-state index contributed by atoms with van der Waals surface area (Å²) in [4.78, 5) is 0. The Morgan fingerprint density at radius 1 is 0.800 bits per heavy atom. The standard InChI is InChI=1S/C4H6F4O2/c1-9-3(5,6)4(7,8)10-2/h1-2H3. The zero-order valence-corrected chi connectivity index (χ0v) is 5.33. The van der Waals surface area contributed by atoms with Crippen molar-refractivity contribution in [2.75, 3.05) is 14.2 Å². The smallest absolute Gasteiger partial charge is 0.317 e. The molecule has 0 N–H and O–H groups in total. The highest BCUT2D eigenvalue weighted by molar-refractivity contribution is 4.63. The molecule has 0 saturated heterocycles. The molecule has 62 valence electrons. The molecule has 10 heavy (non-hydrogen) atoms. The molecule has 0 rings (SSSR count). The average molecular weight is 162 g/mol. The molecular weight excluding hydrogens is 156 g/mol. The Kier molecular flexibility index (Phi) is 2.61. The minimum atomic E-state index is -4.57. The Labute approximate surface area is 54.7 Å². The van der Waals surface area contributed by atoms with Crippen LogP contribution in [0.3, 0.4) is 0 Å². The highest BCUT2D eigenvalue weighted by atomic mass is 19.3. The Morgan fingerprint density at radius 2 is 1.00 bits per heavy atom. The van der Waals surface area contributed by atoms with Crippen molar-refractivity contribution in [3.63, 3.8) is 0 Å². The van der Waals surface area contributed by atoms with E-state index in [1.165, 1.54) is 0 Å². The molecule has 0 amide bonds. The first kappa shape index (κ1) is 9.64. The Bertz CT molecular complexity index is 99.8. The lowest BCUT2D eigenvalue weighted by atomic mass is 10.6. The van der Waals surface area contributed by atoms with Gasteiger partial charge in [0.25, 0.3) is 0 Å².